The summed E-state index contributed by atoms with van der Waals surface area (Å²) in [6.45, 7) is 3.79. The maximum Gasteiger partial charge on any atom is 0.242 e. The molecule has 30 heavy (non-hydrogen) atoms. The van der Waals surface area contributed by atoms with Gasteiger partial charge in [0.2, 0.25) is 11.8 Å². The average molecular weight is 427 g/mol. The molecule has 0 saturated heterocycles. The quantitative estimate of drug-likeness (QED) is 0.677. The summed E-state index contributed by atoms with van der Waals surface area (Å²) in [5.41, 5.74) is 3.55. The zero-order chi connectivity index (χ0) is 21.1. The van der Waals surface area contributed by atoms with E-state index in [9.17, 15) is 9.59 Å². The number of amides is 2. The first-order valence-corrected chi connectivity index (χ1v) is 11.7. The van der Waals surface area contributed by atoms with Gasteiger partial charge in [-0.05, 0) is 48.8 Å². The van der Waals surface area contributed by atoms with Gasteiger partial charge in [0.25, 0.3) is 0 Å². The molecule has 0 bridgehead atoms. The van der Waals surface area contributed by atoms with Crippen molar-refractivity contribution in [1.29, 1.82) is 0 Å². The van der Waals surface area contributed by atoms with E-state index in [2.05, 4.69) is 42.6 Å². The highest BCUT2D eigenvalue weighted by atomic mass is 32.1. The molecule has 0 spiro atoms. The van der Waals surface area contributed by atoms with Gasteiger partial charge in [0.15, 0.2) is 0 Å². The summed E-state index contributed by atoms with van der Waals surface area (Å²) in [4.78, 5) is 31.4. The predicted octanol–water partition coefficient (Wildman–Crippen LogP) is 3.81. The van der Waals surface area contributed by atoms with Crippen LogP contribution in [-0.4, -0.2) is 55.0 Å². The predicted molar refractivity (Wildman–Crippen MR) is 119 cm³/mol. The molecular weight excluding hydrogens is 396 g/mol. The van der Waals surface area contributed by atoms with Gasteiger partial charge in [0, 0.05) is 31.0 Å². The van der Waals surface area contributed by atoms with Gasteiger partial charge in [-0.1, -0.05) is 36.2 Å². The highest BCUT2D eigenvalue weighted by Crippen LogP contribution is 2.38. The van der Waals surface area contributed by atoms with Crippen molar-refractivity contribution >= 4 is 23.2 Å². The number of hydrogen-bond acceptors (Lipinski definition) is 4. The number of ether oxygens (including phenoxy) is 1. The Hall–Kier alpha value is -2.18. The zero-order valence-electron chi connectivity index (χ0n) is 17.8. The van der Waals surface area contributed by atoms with E-state index in [1.54, 1.807) is 23.3 Å². The Kier molecular flexibility index (Phi) is 6.54. The molecule has 2 aromatic rings. The topological polar surface area (TPSA) is 49.9 Å². The smallest absolute Gasteiger partial charge is 0.242 e. The van der Waals surface area contributed by atoms with Crippen molar-refractivity contribution in [2.75, 3.05) is 33.4 Å². The summed E-state index contributed by atoms with van der Waals surface area (Å²) < 4.78 is 5.20. The number of rotatable bonds is 7. The fourth-order valence-electron chi connectivity index (χ4n) is 4.33. The molecule has 2 amide bonds. The Balaban J connectivity index is 1.57. The Labute approximate surface area is 182 Å². The minimum absolute atomic E-state index is 0.0150. The number of fused-ring (bicyclic) bond motifs is 1. The van der Waals surface area contributed by atoms with Gasteiger partial charge in [0.1, 0.15) is 0 Å². The second kappa shape index (κ2) is 9.31. The van der Waals surface area contributed by atoms with E-state index in [0.717, 1.165) is 31.2 Å². The van der Waals surface area contributed by atoms with Gasteiger partial charge in [-0.3, -0.25) is 9.59 Å². The molecule has 160 valence electrons. The van der Waals surface area contributed by atoms with Crippen LogP contribution in [0.4, 0.5) is 0 Å². The second-order valence-corrected chi connectivity index (χ2v) is 9.33. The Bertz CT molecular complexity index is 888. The van der Waals surface area contributed by atoms with Gasteiger partial charge in [-0.15, -0.1) is 11.3 Å². The van der Waals surface area contributed by atoms with Crippen molar-refractivity contribution < 1.29 is 14.3 Å². The van der Waals surface area contributed by atoms with Crippen LogP contribution in [-0.2, 0) is 20.7 Å². The van der Waals surface area contributed by atoms with E-state index in [4.69, 9.17) is 4.74 Å². The highest BCUT2D eigenvalue weighted by Gasteiger charge is 2.35. The summed E-state index contributed by atoms with van der Waals surface area (Å²) >= 11 is 1.77. The minimum atomic E-state index is -0.0869. The molecule has 5 nitrogen and oxygen atoms in total. The number of carbonyl (C=O) groups is 2. The molecule has 0 N–H and O–H groups in total. The molecule has 1 atom stereocenters. The number of aryl methyl sites for hydroxylation is 1. The lowest BCUT2D eigenvalue weighted by atomic mass is 9.84. The van der Waals surface area contributed by atoms with Crippen molar-refractivity contribution in [3.05, 3.63) is 57.3 Å². The number of thiophene rings is 1. The fourth-order valence-corrected chi connectivity index (χ4v) is 5.23. The zero-order valence-corrected chi connectivity index (χ0v) is 18.6. The Morgan fingerprint density at radius 2 is 1.97 bits per heavy atom. The Morgan fingerprint density at radius 3 is 2.63 bits per heavy atom. The molecular formula is C24H30N2O3S. The number of hydrogen-bond donors (Lipinski definition) is 0. The third-order valence-corrected chi connectivity index (χ3v) is 7.33. The molecule has 2 aliphatic rings. The maximum atomic E-state index is 13.5. The van der Waals surface area contributed by atoms with Crippen molar-refractivity contribution in [2.24, 2.45) is 5.92 Å². The summed E-state index contributed by atoms with van der Waals surface area (Å²) in [6.07, 6.45) is 3.84. The van der Waals surface area contributed by atoms with Crippen molar-refractivity contribution in [3.8, 4) is 0 Å². The molecule has 2 heterocycles. The van der Waals surface area contributed by atoms with Crippen LogP contribution < -0.4 is 0 Å². The van der Waals surface area contributed by atoms with Crippen molar-refractivity contribution in [2.45, 2.75) is 38.6 Å². The first kappa shape index (κ1) is 21.1. The van der Waals surface area contributed by atoms with Crippen LogP contribution in [0.2, 0.25) is 0 Å². The molecule has 0 radical (unpaired) electrons. The average Bonchev–Trinajstić information content (AvgIpc) is 3.18. The van der Waals surface area contributed by atoms with E-state index >= 15 is 0 Å². The third kappa shape index (κ3) is 4.30. The Morgan fingerprint density at radius 1 is 1.20 bits per heavy atom. The van der Waals surface area contributed by atoms with Crippen LogP contribution in [0.5, 0.6) is 0 Å². The van der Waals surface area contributed by atoms with Crippen LogP contribution in [0.1, 0.15) is 46.9 Å². The number of benzene rings is 1. The second-order valence-electron chi connectivity index (χ2n) is 8.33. The van der Waals surface area contributed by atoms with E-state index in [0.29, 0.717) is 19.7 Å². The first-order valence-electron chi connectivity index (χ1n) is 10.8. The largest absolute Gasteiger partial charge is 0.383 e. The standard InChI is InChI=1S/C24H30N2O3S/c1-17-6-8-18(9-7-17)23-20-11-15-30-21(20)10-12-26(23)22(27)16-25(13-14-29-2)24(28)19-4-3-5-19/h6-9,11,15,19,23H,3-5,10,12-14,16H2,1-2H3/t23-/m1/s1. The minimum Gasteiger partial charge on any atom is -0.383 e. The monoisotopic (exact) mass is 426 g/mol. The molecule has 4 rings (SSSR count). The van der Waals surface area contributed by atoms with E-state index in [1.807, 2.05) is 4.90 Å². The van der Waals surface area contributed by atoms with Gasteiger partial charge in [0.05, 0.1) is 19.2 Å². The summed E-state index contributed by atoms with van der Waals surface area (Å²) in [5.74, 6) is 0.195. The molecule has 1 aromatic carbocycles. The molecule has 1 aliphatic heterocycles. The van der Waals surface area contributed by atoms with Gasteiger partial charge >= 0.3 is 0 Å². The summed E-state index contributed by atoms with van der Waals surface area (Å²) in [5, 5.41) is 2.12. The number of nitrogens with zero attached hydrogens (tertiary/aromatic N) is 2. The van der Waals surface area contributed by atoms with Crippen LogP contribution in [0.3, 0.4) is 0 Å². The summed E-state index contributed by atoms with van der Waals surface area (Å²) in [7, 11) is 1.63. The maximum absolute atomic E-state index is 13.5. The molecule has 1 saturated carbocycles. The van der Waals surface area contributed by atoms with Crippen molar-refractivity contribution in [1.82, 2.24) is 9.80 Å². The number of carbonyl (C=O) groups excluding carboxylic acids is 2. The lowest BCUT2D eigenvalue weighted by Gasteiger charge is -2.38. The highest BCUT2D eigenvalue weighted by molar-refractivity contribution is 7.10. The van der Waals surface area contributed by atoms with Crippen LogP contribution in [0.25, 0.3) is 0 Å². The third-order valence-electron chi connectivity index (χ3n) is 6.34. The SMILES string of the molecule is COCCN(CC(=O)N1CCc2sccc2[C@H]1c1ccc(C)cc1)C(=O)C1CCC1. The molecule has 1 fully saturated rings. The van der Waals surface area contributed by atoms with Crippen LogP contribution >= 0.6 is 11.3 Å². The summed E-state index contributed by atoms with van der Waals surface area (Å²) in [6, 6.07) is 10.5. The molecule has 1 aromatic heterocycles. The molecule has 0 unspecified atom stereocenters. The van der Waals surface area contributed by atoms with Gasteiger partial charge in [-0.25, -0.2) is 0 Å². The van der Waals surface area contributed by atoms with Gasteiger partial charge in [-0.2, -0.15) is 0 Å². The lowest BCUT2D eigenvalue weighted by molar-refractivity contribution is -0.146. The van der Waals surface area contributed by atoms with Gasteiger partial charge < -0.3 is 14.5 Å². The number of methoxy groups -OCH3 is 1. The molecule has 6 heteroatoms. The van der Waals surface area contributed by atoms with Crippen molar-refractivity contribution in [3.63, 3.8) is 0 Å². The van der Waals surface area contributed by atoms with Crippen LogP contribution in [0.15, 0.2) is 35.7 Å². The lowest BCUT2D eigenvalue weighted by Crippen LogP contribution is -2.49. The first-order chi connectivity index (χ1) is 14.6. The van der Waals surface area contributed by atoms with E-state index < -0.39 is 0 Å². The van der Waals surface area contributed by atoms with E-state index in [1.165, 1.54) is 16.0 Å². The normalized spacial score (nSPS) is 18.6. The van der Waals surface area contributed by atoms with Crippen LogP contribution in [0, 0.1) is 12.8 Å². The molecule has 1 aliphatic carbocycles. The van der Waals surface area contributed by atoms with E-state index in [-0.39, 0.29) is 30.3 Å². The fraction of sp³-hybridized carbons (Fsp3) is 0.500.